The smallest absolute Gasteiger partial charge is 0.348 e. The molecule has 0 radical (unpaired) electrons. The van der Waals surface area contributed by atoms with Crippen LogP contribution in [0.2, 0.25) is 0 Å². The second-order valence-corrected chi connectivity index (χ2v) is 7.13. The minimum absolute atomic E-state index is 0.0476. The molecule has 3 aromatic rings. The predicted octanol–water partition coefficient (Wildman–Crippen LogP) is 3.28. The Morgan fingerprint density at radius 3 is 2.91 bits per heavy atom. The molecule has 0 amide bonds. The monoisotopic (exact) mass is 435 g/mol. The van der Waals surface area contributed by atoms with Gasteiger partial charge in [-0.15, -0.1) is 0 Å². The van der Waals surface area contributed by atoms with Crippen molar-refractivity contribution in [1.29, 1.82) is 5.26 Å². The van der Waals surface area contributed by atoms with E-state index in [-0.39, 0.29) is 12.2 Å². The fourth-order valence-electron chi connectivity index (χ4n) is 3.23. The summed E-state index contributed by atoms with van der Waals surface area (Å²) in [5.41, 5.74) is 3.51. The number of hydrogen-bond donors (Lipinski definition) is 0. The van der Waals surface area contributed by atoms with Crippen LogP contribution in [0.4, 0.5) is 0 Å². The molecule has 32 heavy (non-hydrogen) atoms. The first kappa shape index (κ1) is 22.9. The van der Waals surface area contributed by atoms with E-state index in [1.807, 2.05) is 32.0 Å². The first-order valence-corrected chi connectivity index (χ1v) is 10.2. The molecule has 0 N–H and O–H groups in total. The number of nitrogens with zero attached hydrogens (tertiary/aromatic N) is 5. The lowest BCUT2D eigenvalue weighted by atomic mass is 10.1. The van der Waals surface area contributed by atoms with E-state index in [2.05, 4.69) is 19.7 Å². The topological polar surface area (TPSA) is 116 Å². The van der Waals surface area contributed by atoms with Gasteiger partial charge in [-0.1, -0.05) is 5.16 Å². The number of hydrogen-bond acceptors (Lipinski definition) is 8. The molecule has 0 aliphatic heterocycles. The summed E-state index contributed by atoms with van der Waals surface area (Å²) in [4.78, 5) is 20.7. The van der Waals surface area contributed by atoms with Crippen molar-refractivity contribution in [2.24, 2.45) is 0 Å². The number of nitriles is 1. The molecular weight excluding hydrogens is 410 g/mol. The highest BCUT2D eigenvalue weighted by Gasteiger charge is 2.15. The van der Waals surface area contributed by atoms with Crippen LogP contribution in [0.3, 0.4) is 0 Å². The van der Waals surface area contributed by atoms with E-state index in [9.17, 15) is 10.1 Å². The number of rotatable bonds is 10. The Bertz CT molecular complexity index is 1130. The molecule has 0 unspecified atom stereocenters. The molecule has 0 bridgehead atoms. The van der Waals surface area contributed by atoms with Crippen LogP contribution in [0.1, 0.15) is 29.3 Å². The van der Waals surface area contributed by atoms with E-state index >= 15 is 0 Å². The van der Waals surface area contributed by atoms with Gasteiger partial charge >= 0.3 is 5.97 Å². The van der Waals surface area contributed by atoms with E-state index in [0.717, 1.165) is 22.5 Å². The number of esters is 1. The minimum atomic E-state index is -0.657. The zero-order chi connectivity index (χ0) is 22.9. The fourth-order valence-corrected chi connectivity index (χ4v) is 3.23. The molecule has 0 aliphatic carbocycles. The van der Waals surface area contributed by atoms with Gasteiger partial charge in [-0.25, -0.2) is 4.79 Å². The van der Waals surface area contributed by atoms with Crippen molar-refractivity contribution in [2.75, 3.05) is 20.3 Å². The fraction of sp³-hybridized carbons (Fsp3) is 0.348. The maximum Gasteiger partial charge on any atom is 0.348 e. The summed E-state index contributed by atoms with van der Waals surface area (Å²) in [6.45, 7) is 5.33. The number of aromatic nitrogens is 4. The third kappa shape index (κ3) is 5.68. The zero-order valence-electron chi connectivity index (χ0n) is 18.4. The van der Waals surface area contributed by atoms with E-state index in [1.54, 1.807) is 31.6 Å². The van der Waals surface area contributed by atoms with E-state index in [0.29, 0.717) is 37.7 Å². The van der Waals surface area contributed by atoms with Gasteiger partial charge in [0.1, 0.15) is 11.6 Å². The number of ether oxygens (including phenoxy) is 2. The van der Waals surface area contributed by atoms with Crippen LogP contribution < -0.4 is 0 Å². The lowest BCUT2D eigenvalue weighted by molar-refractivity contribution is -0.138. The van der Waals surface area contributed by atoms with Crippen molar-refractivity contribution >= 4 is 12.0 Å². The molecule has 3 aromatic heterocycles. The van der Waals surface area contributed by atoms with Crippen LogP contribution in [0.5, 0.6) is 0 Å². The molecule has 9 nitrogen and oxygen atoms in total. The van der Waals surface area contributed by atoms with Crippen molar-refractivity contribution in [3.8, 4) is 17.5 Å². The van der Waals surface area contributed by atoms with Crippen LogP contribution in [0, 0.1) is 25.2 Å². The van der Waals surface area contributed by atoms with E-state index in [4.69, 9.17) is 14.0 Å². The molecule has 9 heteroatoms. The number of aryl methyl sites for hydroxylation is 2. The quantitative estimate of drug-likeness (QED) is 0.206. The average molecular weight is 435 g/mol. The minimum Gasteiger partial charge on any atom is -0.462 e. The second kappa shape index (κ2) is 11.0. The van der Waals surface area contributed by atoms with Gasteiger partial charge in [-0.2, -0.15) is 10.2 Å². The molecule has 0 atom stereocenters. The van der Waals surface area contributed by atoms with Crippen LogP contribution in [0.25, 0.3) is 17.5 Å². The Morgan fingerprint density at radius 2 is 2.19 bits per heavy atom. The Morgan fingerprint density at radius 1 is 1.34 bits per heavy atom. The maximum atomic E-state index is 12.4. The number of methoxy groups -OCH3 is 1. The second-order valence-electron chi connectivity index (χ2n) is 7.13. The Hall–Kier alpha value is -3.77. The first-order valence-electron chi connectivity index (χ1n) is 10.2. The molecule has 0 fully saturated rings. The lowest BCUT2D eigenvalue weighted by Crippen LogP contribution is -2.09. The van der Waals surface area contributed by atoms with E-state index < -0.39 is 5.97 Å². The SMILES string of the molecule is COCCn1c(C)cc(/C=C(/C#N)C(=O)OCCCc2nc(-c3cccnc3)no2)c1C. The summed E-state index contributed by atoms with van der Waals surface area (Å²) < 4.78 is 17.7. The average Bonchev–Trinajstić information content (AvgIpc) is 3.38. The van der Waals surface area contributed by atoms with Crippen molar-refractivity contribution < 1.29 is 18.8 Å². The third-order valence-corrected chi connectivity index (χ3v) is 4.93. The molecule has 3 heterocycles. The van der Waals surface area contributed by atoms with E-state index in [1.165, 1.54) is 0 Å². The molecule has 166 valence electrons. The highest BCUT2D eigenvalue weighted by atomic mass is 16.5. The molecular formula is C23H25N5O4. The summed E-state index contributed by atoms with van der Waals surface area (Å²) in [6.07, 6.45) is 5.83. The normalized spacial score (nSPS) is 11.4. The molecule has 0 saturated carbocycles. The van der Waals surface area contributed by atoms with Gasteiger partial charge in [-0.3, -0.25) is 4.98 Å². The van der Waals surface area contributed by atoms with Gasteiger partial charge < -0.3 is 18.6 Å². The highest BCUT2D eigenvalue weighted by molar-refractivity contribution is 5.98. The van der Waals surface area contributed by atoms with Crippen LogP contribution in [0.15, 0.2) is 40.7 Å². The predicted molar refractivity (Wildman–Crippen MR) is 116 cm³/mol. The Balaban J connectivity index is 1.54. The highest BCUT2D eigenvalue weighted by Crippen LogP contribution is 2.19. The molecule has 0 spiro atoms. The van der Waals surface area contributed by atoms with Crippen LogP contribution >= 0.6 is 0 Å². The summed E-state index contributed by atoms with van der Waals surface area (Å²) >= 11 is 0. The van der Waals surface area contributed by atoms with Gasteiger partial charge in [0.15, 0.2) is 0 Å². The summed E-state index contributed by atoms with van der Waals surface area (Å²) in [7, 11) is 1.65. The molecule has 0 aliphatic rings. The van der Waals surface area contributed by atoms with Gasteiger partial charge in [0.25, 0.3) is 0 Å². The van der Waals surface area contributed by atoms with Crippen molar-refractivity contribution in [3.05, 3.63) is 59.0 Å². The Kier molecular flexibility index (Phi) is 7.89. The lowest BCUT2D eigenvalue weighted by Gasteiger charge is -2.08. The molecule has 0 aromatic carbocycles. The molecule has 0 saturated heterocycles. The Labute approximate surface area is 186 Å². The van der Waals surface area contributed by atoms with Gasteiger partial charge in [-0.05, 0) is 50.1 Å². The molecule has 3 rings (SSSR count). The van der Waals surface area contributed by atoms with Gasteiger partial charge in [0, 0.05) is 49.4 Å². The summed E-state index contributed by atoms with van der Waals surface area (Å²) in [5.74, 6) is 0.248. The van der Waals surface area contributed by atoms with Crippen molar-refractivity contribution in [2.45, 2.75) is 33.2 Å². The number of carbonyl (C=O) groups is 1. The standard InChI is InChI=1S/C23H25N5O4/c1-16-12-19(17(2)28(16)9-11-30-3)13-20(14-24)23(29)31-10-5-7-21-26-22(27-32-21)18-6-4-8-25-15-18/h4,6,8,12-13,15H,5,7,9-11H2,1-3H3/b20-13-. The first-order chi connectivity index (χ1) is 15.5. The third-order valence-electron chi connectivity index (χ3n) is 4.93. The summed E-state index contributed by atoms with van der Waals surface area (Å²) in [6, 6.07) is 7.51. The summed E-state index contributed by atoms with van der Waals surface area (Å²) in [5, 5.41) is 13.4. The number of carbonyl (C=O) groups excluding carboxylic acids is 1. The number of pyridine rings is 1. The van der Waals surface area contributed by atoms with Crippen LogP contribution in [-0.2, 0) is 27.2 Å². The van der Waals surface area contributed by atoms with Crippen molar-refractivity contribution in [3.63, 3.8) is 0 Å². The maximum absolute atomic E-state index is 12.4. The van der Waals surface area contributed by atoms with Gasteiger partial charge in [0.05, 0.1) is 13.2 Å². The van der Waals surface area contributed by atoms with Crippen molar-refractivity contribution in [1.82, 2.24) is 19.7 Å². The van der Waals surface area contributed by atoms with Gasteiger partial charge in [0.2, 0.25) is 11.7 Å². The largest absolute Gasteiger partial charge is 0.462 e. The zero-order valence-corrected chi connectivity index (χ0v) is 18.4. The van der Waals surface area contributed by atoms with Crippen LogP contribution in [-0.4, -0.2) is 46.0 Å².